The average molecular weight is 383 g/mol. The first-order chi connectivity index (χ1) is 14.2. The summed E-state index contributed by atoms with van der Waals surface area (Å²) in [6.07, 6.45) is 0.308. The molecule has 1 amide bonds. The Morgan fingerprint density at radius 3 is 2.00 bits per heavy atom. The van der Waals surface area contributed by atoms with Crippen molar-refractivity contribution in [2.75, 3.05) is 11.9 Å². The van der Waals surface area contributed by atoms with E-state index in [0.717, 1.165) is 34.5 Å². The molecule has 1 N–H and O–H groups in total. The maximum atomic E-state index is 11.9. The summed E-state index contributed by atoms with van der Waals surface area (Å²) in [4.78, 5) is 21.6. The summed E-state index contributed by atoms with van der Waals surface area (Å²) < 4.78 is 5.09. The number of nitrogens with zero attached hydrogens (tertiary/aromatic N) is 2. The highest BCUT2D eigenvalue weighted by Crippen LogP contribution is 2.31. The SMILES string of the molecule is CCCOC(=O)Nc1ccc2nc(-c3ccccc3)c(-c3ccccc3)nc2c1. The van der Waals surface area contributed by atoms with Gasteiger partial charge in [-0.1, -0.05) is 67.6 Å². The molecule has 0 saturated heterocycles. The van der Waals surface area contributed by atoms with Gasteiger partial charge in [-0.05, 0) is 24.6 Å². The van der Waals surface area contributed by atoms with Gasteiger partial charge in [-0.3, -0.25) is 5.32 Å². The van der Waals surface area contributed by atoms with Gasteiger partial charge in [0, 0.05) is 16.8 Å². The van der Waals surface area contributed by atoms with E-state index in [1.807, 2.05) is 79.7 Å². The summed E-state index contributed by atoms with van der Waals surface area (Å²) in [5.41, 5.74) is 5.71. The molecule has 0 saturated carbocycles. The maximum Gasteiger partial charge on any atom is 0.411 e. The third-order valence-corrected chi connectivity index (χ3v) is 4.44. The van der Waals surface area contributed by atoms with Crippen molar-refractivity contribution in [2.24, 2.45) is 0 Å². The lowest BCUT2D eigenvalue weighted by Gasteiger charge is -2.12. The number of amides is 1. The van der Waals surface area contributed by atoms with Crippen LogP contribution in [0.3, 0.4) is 0 Å². The summed E-state index contributed by atoms with van der Waals surface area (Å²) >= 11 is 0. The zero-order chi connectivity index (χ0) is 20.1. The normalized spacial score (nSPS) is 10.7. The molecule has 0 bridgehead atoms. The molecule has 4 rings (SSSR count). The van der Waals surface area contributed by atoms with Gasteiger partial charge in [0.25, 0.3) is 0 Å². The molecule has 0 fully saturated rings. The Hall–Kier alpha value is -3.73. The Balaban J connectivity index is 1.79. The van der Waals surface area contributed by atoms with Gasteiger partial charge in [0.05, 0.1) is 29.0 Å². The van der Waals surface area contributed by atoms with E-state index in [4.69, 9.17) is 14.7 Å². The number of carbonyl (C=O) groups is 1. The Morgan fingerprint density at radius 2 is 1.41 bits per heavy atom. The molecule has 0 unspecified atom stereocenters. The molecule has 0 aliphatic heterocycles. The number of hydrogen-bond acceptors (Lipinski definition) is 4. The van der Waals surface area contributed by atoms with E-state index in [0.29, 0.717) is 17.8 Å². The molecule has 5 heteroatoms. The molecule has 0 spiro atoms. The first-order valence-corrected chi connectivity index (χ1v) is 9.61. The predicted octanol–water partition coefficient (Wildman–Crippen LogP) is 5.92. The fourth-order valence-corrected chi connectivity index (χ4v) is 3.08. The van der Waals surface area contributed by atoms with Gasteiger partial charge in [0.2, 0.25) is 0 Å². The first-order valence-electron chi connectivity index (χ1n) is 9.61. The van der Waals surface area contributed by atoms with Crippen molar-refractivity contribution < 1.29 is 9.53 Å². The summed E-state index contributed by atoms with van der Waals surface area (Å²) in [5, 5.41) is 2.75. The smallest absolute Gasteiger partial charge is 0.411 e. The predicted molar refractivity (Wildman–Crippen MR) is 116 cm³/mol. The molecule has 144 valence electrons. The Labute approximate surface area is 169 Å². The molecule has 29 heavy (non-hydrogen) atoms. The largest absolute Gasteiger partial charge is 0.449 e. The maximum absolute atomic E-state index is 11.9. The second-order valence-electron chi connectivity index (χ2n) is 6.62. The van der Waals surface area contributed by atoms with E-state index < -0.39 is 6.09 Å². The Morgan fingerprint density at radius 1 is 0.828 bits per heavy atom. The van der Waals surface area contributed by atoms with Crippen molar-refractivity contribution in [3.8, 4) is 22.5 Å². The molecule has 3 aromatic carbocycles. The highest BCUT2D eigenvalue weighted by atomic mass is 16.5. The van der Waals surface area contributed by atoms with Gasteiger partial charge in [-0.2, -0.15) is 0 Å². The minimum atomic E-state index is -0.469. The van der Waals surface area contributed by atoms with Crippen molar-refractivity contribution >= 4 is 22.8 Å². The minimum Gasteiger partial charge on any atom is -0.449 e. The van der Waals surface area contributed by atoms with Gasteiger partial charge >= 0.3 is 6.09 Å². The van der Waals surface area contributed by atoms with Crippen LogP contribution in [0.1, 0.15) is 13.3 Å². The second-order valence-corrected chi connectivity index (χ2v) is 6.62. The van der Waals surface area contributed by atoms with E-state index >= 15 is 0 Å². The van der Waals surface area contributed by atoms with Gasteiger partial charge in [-0.25, -0.2) is 14.8 Å². The van der Waals surface area contributed by atoms with Gasteiger partial charge in [0.1, 0.15) is 0 Å². The van der Waals surface area contributed by atoms with Crippen LogP contribution in [0, 0.1) is 0 Å². The molecule has 1 heterocycles. The molecule has 0 radical (unpaired) electrons. The lowest BCUT2D eigenvalue weighted by molar-refractivity contribution is 0.161. The van der Waals surface area contributed by atoms with Crippen LogP contribution in [0.5, 0.6) is 0 Å². The van der Waals surface area contributed by atoms with Gasteiger partial charge < -0.3 is 4.74 Å². The molecular weight excluding hydrogens is 362 g/mol. The number of hydrogen-bond donors (Lipinski definition) is 1. The second kappa shape index (κ2) is 8.52. The summed E-state index contributed by atoms with van der Waals surface area (Å²) in [7, 11) is 0. The molecule has 0 atom stereocenters. The van der Waals surface area contributed by atoms with Crippen LogP contribution in [0.25, 0.3) is 33.5 Å². The number of fused-ring (bicyclic) bond motifs is 1. The van der Waals surface area contributed by atoms with Crippen molar-refractivity contribution in [3.05, 3.63) is 78.9 Å². The molecule has 0 aliphatic carbocycles. The fraction of sp³-hybridized carbons (Fsp3) is 0.125. The van der Waals surface area contributed by atoms with Crippen LogP contribution < -0.4 is 5.32 Å². The lowest BCUT2D eigenvalue weighted by Crippen LogP contribution is -2.14. The van der Waals surface area contributed by atoms with E-state index in [1.165, 1.54) is 0 Å². The fourth-order valence-electron chi connectivity index (χ4n) is 3.08. The van der Waals surface area contributed by atoms with E-state index in [1.54, 1.807) is 6.07 Å². The highest BCUT2D eigenvalue weighted by Gasteiger charge is 2.13. The number of rotatable bonds is 5. The Kier molecular flexibility index (Phi) is 5.47. The summed E-state index contributed by atoms with van der Waals surface area (Å²) in [6, 6.07) is 25.5. The van der Waals surface area contributed by atoms with Crippen LogP contribution in [0.4, 0.5) is 10.5 Å². The van der Waals surface area contributed by atoms with Gasteiger partial charge in [0.15, 0.2) is 0 Å². The number of anilines is 1. The zero-order valence-electron chi connectivity index (χ0n) is 16.1. The lowest BCUT2D eigenvalue weighted by atomic mass is 10.0. The first kappa shape index (κ1) is 18.6. The summed E-state index contributed by atoms with van der Waals surface area (Å²) in [6.45, 7) is 2.34. The summed E-state index contributed by atoms with van der Waals surface area (Å²) in [5.74, 6) is 0. The molecule has 1 aromatic heterocycles. The van der Waals surface area contributed by atoms with Crippen LogP contribution in [0.2, 0.25) is 0 Å². The molecule has 0 aliphatic rings. The van der Waals surface area contributed by atoms with Crippen molar-refractivity contribution in [2.45, 2.75) is 13.3 Å². The van der Waals surface area contributed by atoms with E-state index in [2.05, 4.69) is 5.32 Å². The highest BCUT2D eigenvalue weighted by molar-refractivity contribution is 5.91. The van der Waals surface area contributed by atoms with E-state index in [9.17, 15) is 4.79 Å². The van der Waals surface area contributed by atoms with Crippen LogP contribution in [-0.2, 0) is 4.74 Å². The van der Waals surface area contributed by atoms with Gasteiger partial charge in [-0.15, -0.1) is 0 Å². The van der Waals surface area contributed by atoms with Crippen LogP contribution in [-0.4, -0.2) is 22.7 Å². The van der Waals surface area contributed by atoms with Crippen molar-refractivity contribution in [3.63, 3.8) is 0 Å². The third-order valence-electron chi connectivity index (χ3n) is 4.44. The molecule has 5 nitrogen and oxygen atoms in total. The quantitative estimate of drug-likeness (QED) is 0.464. The number of ether oxygens (including phenoxy) is 1. The average Bonchev–Trinajstić information content (AvgIpc) is 2.78. The third kappa shape index (κ3) is 4.24. The number of benzene rings is 3. The Bertz CT molecular complexity index is 1130. The number of aromatic nitrogens is 2. The zero-order valence-corrected chi connectivity index (χ0v) is 16.1. The monoisotopic (exact) mass is 383 g/mol. The standard InChI is InChI=1S/C24H21N3O2/c1-2-15-29-24(28)25-19-13-14-20-21(16-19)27-23(18-11-7-4-8-12-18)22(26-20)17-9-5-3-6-10-17/h3-14,16H,2,15H2,1H3,(H,25,28). The topological polar surface area (TPSA) is 64.1 Å². The van der Waals surface area contributed by atoms with Crippen LogP contribution >= 0.6 is 0 Å². The number of carbonyl (C=O) groups excluding carboxylic acids is 1. The molecule has 4 aromatic rings. The van der Waals surface area contributed by atoms with E-state index in [-0.39, 0.29) is 0 Å². The van der Waals surface area contributed by atoms with Crippen molar-refractivity contribution in [1.29, 1.82) is 0 Å². The number of nitrogens with one attached hydrogen (secondary N) is 1. The van der Waals surface area contributed by atoms with Crippen molar-refractivity contribution in [1.82, 2.24) is 9.97 Å². The molecular formula is C24H21N3O2. The van der Waals surface area contributed by atoms with Crippen LogP contribution in [0.15, 0.2) is 78.9 Å². The minimum absolute atomic E-state index is 0.387.